The van der Waals surface area contributed by atoms with Crippen LogP contribution >= 0.6 is 22.9 Å². The third-order valence-electron chi connectivity index (χ3n) is 3.47. The van der Waals surface area contributed by atoms with Crippen LogP contribution in [0.15, 0.2) is 24.3 Å². The van der Waals surface area contributed by atoms with Crippen LogP contribution in [0.2, 0.25) is 5.02 Å². The van der Waals surface area contributed by atoms with Crippen molar-refractivity contribution in [1.82, 2.24) is 10.2 Å². The molecule has 1 aromatic heterocycles. The van der Waals surface area contributed by atoms with E-state index in [-0.39, 0.29) is 24.0 Å². The van der Waals surface area contributed by atoms with Gasteiger partial charge >= 0.3 is 0 Å². The fourth-order valence-electron chi connectivity index (χ4n) is 2.36. The van der Waals surface area contributed by atoms with Gasteiger partial charge in [0, 0.05) is 23.7 Å². The molecule has 1 atom stereocenters. The number of carbonyl (C=O) groups excluding carboxylic acids is 2. The van der Waals surface area contributed by atoms with Gasteiger partial charge in [-0.25, -0.2) is 8.78 Å². The van der Waals surface area contributed by atoms with Crippen LogP contribution in [0.25, 0.3) is 0 Å². The lowest BCUT2D eigenvalue weighted by molar-refractivity contribution is -0.122. The first kappa shape index (κ1) is 16.7. The van der Waals surface area contributed by atoms with Crippen LogP contribution in [-0.2, 0) is 9.59 Å². The molecule has 6 nitrogen and oxygen atoms in total. The molecule has 126 valence electrons. The molecule has 0 saturated carbocycles. The maximum Gasteiger partial charge on any atom is 0.291 e. The average molecular weight is 373 g/mol. The number of hydrogen-bond acceptors (Lipinski definition) is 5. The number of carbonyl (C=O) groups is 2. The molecular weight excluding hydrogens is 362 g/mol. The van der Waals surface area contributed by atoms with E-state index in [1.54, 1.807) is 24.3 Å². The Morgan fingerprint density at radius 2 is 2.21 bits per heavy atom. The summed E-state index contributed by atoms with van der Waals surface area (Å²) in [6, 6.07) is 6.76. The molecule has 1 fully saturated rings. The molecular formula is C14H11ClF2N4O2S. The van der Waals surface area contributed by atoms with E-state index in [2.05, 4.69) is 15.5 Å². The van der Waals surface area contributed by atoms with E-state index in [1.165, 1.54) is 4.90 Å². The normalized spacial score (nSPS) is 17.6. The van der Waals surface area contributed by atoms with Crippen LogP contribution in [0, 0.1) is 5.92 Å². The first-order valence-corrected chi connectivity index (χ1v) is 8.12. The van der Waals surface area contributed by atoms with Gasteiger partial charge in [0.05, 0.1) is 5.92 Å². The molecule has 2 aromatic rings. The summed E-state index contributed by atoms with van der Waals surface area (Å²) in [6.45, 7) is 0.186. The van der Waals surface area contributed by atoms with Crippen molar-refractivity contribution in [2.75, 3.05) is 16.8 Å². The molecule has 0 spiro atoms. The highest BCUT2D eigenvalue weighted by atomic mass is 35.5. The molecule has 10 heteroatoms. The molecule has 3 rings (SSSR count). The molecule has 2 amide bonds. The molecule has 1 saturated heterocycles. The van der Waals surface area contributed by atoms with E-state index in [0.717, 1.165) is 0 Å². The van der Waals surface area contributed by atoms with Crippen LogP contribution in [0.3, 0.4) is 0 Å². The largest absolute Gasteiger partial charge is 0.312 e. The first-order valence-electron chi connectivity index (χ1n) is 6.92. The summed E-state index contributed by atoms with van der Waals surface area (Å²) in [6.07, 6.45) is -2.71. The second-order valence-corrected chi connectivity index (χ2v) is 6.57. The zero-order valence-electron chi connectivity index (χ0n) is 12.1. The molecule has 0 aliphatic carbocycles. The van der Waals surface area contributed by atoms with Crippen molar-refractivity contribution in [2.24, 2.45) is 5.92 Å². The van der Waals surface area contributed by atoms with Crippen molar-refractivity contribution in [3.05, 3.63) is 34.3 Å². The maximum absolute atomic E-state index is 12.5. The summed E-state index contributed by atoms with van der Waals surface area (Å²) >= 11 is 6.52. The van der Waals surface area contributed by atoms with Crippen LogP contribution in [0.1, 0.15) is 17.9 Å². The van der Waals surface area contributed by atoms with Crippen LogP contribution < -0.4 is 10.2 Å². The zero-order valence-corrected chi connectivity index (χ0v) is 13.7. The topological polar surface area (TPSA) is 75.2 Å². The van der Waals surface area contributed by atoms with Crippen molar-refractivity contribution in [1.29, 1.82) is 0 Å². The van der Waals surface area contributed by atoms with Gasteiger partial charge in [0.2, 0.25) is 16.9 Å². The van der Waals surface area contributed by atoms with E-state index >= 15 is 0 Å². The second-order valence-electron chi connectivity index (χ2n) is 5.12. The predicted molar refractivity (Wildman–Crippen MR) is 85.4 cm³/mol. The van der Waals surface area contributed by atoms with E-state index < -0.39 is 23.3 Å². The number of anilines is 2. The van der Waals surface area contributed by atoms with Crippen LogP contribution in [-0.4, -0.2) is 28.6 Å². The Morgan fingerprint density at radius 1 is 1.42 bits per heavy atom. The number of nitrogens with zero attached hydrogens (tertiary/aromatic N) is 3. The average Bonchev–Trinajstić information content (AvgIpc) is 3.14. The minimum absolute atomic E-state index is 0.0102. The number of amides is 2. The molecule has 1 unspecified atom stereocenters. The molecule has 1 aliphatic rings. The summed E-state index contributed by atoms with van der Waals surface area (Å²) in [5, 5.41) is 9.24. The van der Waals surface area contributed by atoms with Gasteiger partial charge in [-0.3, -0.25) is 9.59 Å². The number of benzene rings is 1. The third-order valence-corrected chi connectivity index (χ3v) is 4.55. The molecule has 0 radical (unpaired) electrons. The minimum atomic E-state index is -2.74. The van der Waals surface area contributed by atoms with Crippen molar-refractivity contribution < 1.29 is 18.4 Å². The Bertz CT molecular complexity index is 786. The third kappa shape index (κ3) is 3.51. The molecule has 1 aliphatic heterocycles. The number of halogens is 3. The van der Waals surface area contributed by atoms with Crippen molar-refractivity contribution >= 4 is 45.6 Å². The van der Waals surface area contributed by atoms with Gasteiger partial charge in [0.1, 0.15) is 0 Å². The molecule has 2 heterocycles. The Labute approximate surface area is 144 Å². The standard InChI is InChI=1S/C14H11ClF2N4O2S/c15-8-2-1-3-9(5-8)21-6-7(4-10(21)22)12(23)18-14-20-19-13(24-14)11(16)17/h1-3,5,7,11H,4,6H2,(H,18,20,23). The first-order chi connectivity index (χ1) is 11.4. The summed E-state index contributed by atoms with van der Waals surface area (Å²) in [5.74, 6) is -1.26. The number of alkyl halides is 2. The fourth-order valence-corrected chi connectivity index (χ4v) is 3.14. The van der Waals surface area contributed by atoms with Gasteiger partial charge in [0.15, 0.2) is 5.01 Å². The lowest BCUT2D eigenvalue weighted by Gasteiger charge is -2.16. The van der Waals surface area contributed by atoms with Gasteiger partial charge in [-0.05, 0) is 18.2 Å². The van der Waals surface area contributed by atoms with Gasteiger partial charge in [-0.2, -0.15) is 0 Å². The molecule has 0 bridgehead atoms. The molecule has 24 heavy (non-hydrogen) atoms. The van der Waals surface area contributed by atoms with Gasteiger partial charge in [0.25, 0.3) is 6.43 Å². The quantitative estimate of drug-likeness (QED) is 0.894. The maximum atomic E-state index is 12.5. The number of rotatable bonds is 4. The smallest absolute Gasteiger partial charge is 0.291 e. The Morgan fingerprint density at radius 3 is 2.88 bits per heavy atom. The Kier molecular flexibility index (Phi) is 4.72. The number of nitrogens with one attached hydrogen (secondary N) is 1. The molecule has 1 N–H and O–H groups in total. The zero-order chi connectivity index (χ0) is 17.3. The van der Waals surface area contributed by atoms with Crippen LogP contribution in [0.5, 0.6) is 0 Å². The van der Waals surface area contributed by atoms with Crippen molar-refractivity contribution in [3.8, 4) is 0 Å². The van der Waals surface area contributed by atoms with E-state index in [0.29, 0.717) is 22.0 Å². The van der Waals surface area contributed by atoms with Crippen molar-refractivity contribution in [2.45, 2.75) is 12.8 Å². The second kappa shape index (κ2) is 6.78. The highest BCUT2D eigenvalue weighted by Crippen LogP contribution is 2.29. The van der Waals surface area contributed by atoms with Gasteiger partial charge in [-0.15, -0.1) is 10.2 Å². The highest BCUT2D eigenvalue weighted by Gasteiger charge is 2.35. The summed E-state index contributed by atoms with van der Waals surface area (Å²) < 4.78 is 24.9. The Balaban J connectivity index is 1.67. The van der Waals surface area contributed by atoms with E-state index in [4.69, 9.17) is 11.6 Å². The summed E-state index contributed by atoms with van der Waals surface area (Å²) in [7, 11) is 0. The monoisotopic (exact) mass is 372 g/mol. The lowest BCUT2D eigenvalue weighted by atomic mass is 10.1. The van der Waals surface area contributed by atoms with E-state index in [9.17, 15) is 18.4 Å². The number of hydrogen-bond donors (Lipinski definition) is 1. The van der Waals surface area contributed by atoms with Gasteiger partial charge < -0.3 is 10.2 Å². The summed E-state index contributed by atoms with van der Waals surface area (Å²) in [4.78, 5) is 25.8. The SMILES string of the molecule is O=C(Nc1nnc(C(F)F)s1)C1CC(=O)N(c2cccc(Cl)c2)C1. The van der Waals surface area contributed by atoms with Crippen LogP contribution in [0.4, 0.5) is 19.6 Å². The fraction of sp³-hybridized carbons (Fsp3) is 0.286. The summed E-state index contributed by atoms with van der Waals surface area (Å²) in [5.41, 5.74) is 0.610. The number of aromatic nitrogens is 2. The van der Waals surface area contributed by atoms with E-state index in [1.807, 2.05) is 0 Å². The van der Waals surface area contributed by atoms with Gasteiger partial charge in [-0.1, -0.05) is 29.0 Å². The molecule has 1 aromatic carbocycles. The van der Waals surface area contributed by atoms with Crippen molar-refractivity contribution in [3.63, 3.8) is 0 Å². The minimum Gasteiger partial charge on any atom is -0.312 e. The predicted octanol–water partition coefficient (Wildman–Crippen LogP) is 3.12. The Hall–Kier alpha value is -2.13. The lowest BCUT2D eigenvalue weighted by Crippen LogP contribution is -2.28. The highest BCUT2D eigenvalue weighted by molar-refractivity contribution is 7.15.